The number of β-amino-alcohol motifs (C(OH)–C–C–N with tert-alkyl or cyclic N) is 1. The van der Waals surface area contributed by atoms with Crippen molar-refractivity contribution in [3.05, 3.63) is 0 Å². The van der Waals surface area contributed by atoms with Crippen LogP contribution in [-0.4, -0.2) is 40.9 Å². The first-order chi connectivity index (χ1) is 7.37. The van der Waals surface area contributed by atoms with Crippen molar-refractivity contribution in [3.8, 4) is 0 Å². The molecule has 4 nitrogen and oxygen atoms in total. The minimum absolute atomic E-state index is 0.271. The summed E-state index contributed by atoms with van der Waals surface area (Å²) in [7, 11) is 0. The fourth-order valence-corrected chi connectivity index (χ4v) is 2.28. The lowest BCUT2D eigenvalue weighted by atomic mass is 10.0. The van der Waals surface area contributed by atoms with Crippen molar-refractivity contribution in [1.29, 1.82) is 0 Å². The molecule has 1 saturated carbocycles. The van der Waals surface area contributed by atoms with Crippen LogP contribution < -0.4 is 0 Å². The molecule has 1 aliphatic carbocycles. The van der Waals surface area contributed by atoms with Gasteiger partial charge in [-0.3, -0.25) is 0 Å². The molecule has 0 spiro atoms. The lowest BCUT2D eigenvalue weighted by molar-refractivity contribution is 0.0269. The SMILES string of the molecule is CC(C)(C)OC(=O)N1CC(O)C(C2CC2)C1. The summed E-state index contributed by atoms with van der Waals surface area (Å²) in [5, 5.41) is 9.87. The number of aliphatic hydroxyl groups is 1. The van der Waals surface area contributed by atoms with Crippen LogP contribution in [0.5, 0.6) is 0 Å². The van der Waals surface area contributed by atoms with E-state index in [0.29, 0.717) is 19.0 Å². The van der Waals surface area contributed by atoms with Gasteiger partial charge < -0.3 is 14.7 Å². The molecular formula is C12H21NO3. The van der Waals surface area contributed by atoms with Crippen molar-refractivity contribution >= 4 is 6.09 Å². The highest BCUT2D eigenvalue weighted by molar-refractivity contribution is 5.68. The number of nitrogens with zero attached hydrogens (tertiary/aromatic N) is 1. The van der Waals surface area contributed by atoms with E-state index in [2.05, 4.69) is 0 Å². The number of amides is 1. The number of hydrogen-bond donors (Lipinski definition) is 1. The van der Waals surface area contributed by atoms with E-state index in [4.69, 9.17) is 4.74 Å². The van der Waals surface area contributed by atoms with Gasteiger partial charge in [-0.2, -0.15) is 0 Å². The molecule has 0 radical (unpaired) electrons. The van der Waals surface area contributed by atoms with Crippen LogP contribution in [0.25, 0.3) is 0 Å². The Hall–Kier alpha value is -0.770. The third kappa shape index (κ3) is 2.67. The maximum absolute atomic E-state index is 11.8. The van der Waals surface area contributed by atoms with Gasteiger partial charge in [0.2, 0.25) is 0 Å². The number of hydrogen-bond acceptors (Lipinski definition) is 3. The van der Waals surface area contributed by atoms with Gasteiger partial charge in [0, 0.05) is 12.5 Å². The zero-order valence-electron chi connectivity index (χ0n) is 10.3. The van der Waals surface area contributed by atoms with E-state index in [1.54, 1.807) is 4.90 Å². The van der Waals surface area contributed by atoms with Gasteiger partial charge in [-0.05, 0) is 39.5 Å². The third-order valence-electron chi connectivity index (χ3n) is 3.21. The normalized spacial score (nSPS) is 30.6. The number of carbonyl (C=O) groups is 1. The van der Waals surface area contributed by atoms with Crippen LogP contribution in [0.1, 0.15) is 33.6 Å². The van der Waals surface area contributed by atoms with E-state index < -0.39 is 5.60 Å². The van der Waals surface area contributed by atoms with Gasteiger partial charge in [0.1, 0.15) is 5.60 Å². The van der Waals surface area contributed by atoms with Crippen molar-refractivity contribution in [2.75, 3.05) is 13.1 Å². The molecule has 16 heavy (non-hydrogen) atoms. The molecule has 1 heterocycles. The summed E-state index contributed by atoms with van der Waals surface area (Å²) in [5.74, 6) is 0.898. The average molecular weight is 227 g/mol. The molecule has 2 atom stereocenters. The van der Waals surface area contributed by atoms with Crippen LogP contribution in [0.3, 0.4) is 0 Å². The molecule has 92 valence electrons. The van der Waals surface area contributed by atoms with E-state index in [-0.39, 0.29) is 18.1 Å². The predicted molar refractivity (Wildman–Crippen MR) is 60.0 cm³/mol. The van der Waals surface area contributed by atoms with Crippen LogP contribution in [0.15, 0.2) is 0 Å². The molecule has 1 N–H and O–H groups in total. The summed E-state index contributed by atoms with van der Waals surface area (Å²) in [6.07, 6.45) is 1.74. The fraction of sp³-hybridized carbons (Fsp3) is 0.917. The van der Waals surface area contributed by atoms with Crippen LogP contribution in [0.4, 0.5) is 4.79 Å². The van der Waals surface area contributed by atoms with Gasteiger partial charge in [-0.15, -0.1) is 0 Å². The van der Waals surface area contributed by atoms with Crippen LogP contribution in [0.2, 0.25) is 0 Å². The van der Waals surface area contributed by atoms with Gasteiger partial charge in [0.25, 0.3) is 0 Å². The Labute approximate surface area is 96.6 Å². The maximum Gasteiger partial charge on any atom is 0.410 e. The van der Waals surface area contributed by atoms with E-state index in [0.717, 1.165) is 0 Å². The van der Waals surface area contributed by atoms with Crippen LogP contribution >= 0.6 is 0 Å². The van der Waals surface area contributed by atoms with Crippen molar-refractivity contribution < 1.29 is 14.6 Å². The van der Waals surface area contributed by atoms with Crippen molar-refractivity contribution in [1.82, 2.24) is 4.90 Å². The standard InChI is InChI=1S/C12H21NO3/c1-12(2,3)16-11(15)13-6-9(8-4-5-8)10(14)7-13/h8-10,14H,4-7H2,1-3H3. The van der Waals surface area contributed by atoms with E-state index >= 15 is 0 Å². The fourth-order valence-electron chi connectivity index (χ4n) is 2.28. The Morgan fingerprint density at radius 3 is 2.44 bits per heavy atom. The van der Waals surface area contributed by atoms with Crippen LogP contribution in [-0.2, 0) is 4.74 Å². The molecule has 2 rings (SSSR count). The average Bonchev–Trinajstić information content (AvgIpc) is 2.87. The van der Waals surface area contributed by atoms with E-state index in [1.807, 2.05) is 20.8 Å². The second-order valence-electron chi connectivity index (χ2n) is 5.95. The second kappa shape index (κ2) is 3.91. The minimum Gasteiger partial charge on any atom is -0.444 e. The van der Waals surface area contributed by atoms with E-state index in [1.165, 1.54) is 12.8 Å². The van der Waals surface area contributed by atoms with Gasteiger partial charge in [0.15, 0.2) is 0 Å². The first-order valence-electron chi connectivity index (χ1n) is 6.03. The Bertz CT molecular complexity index is 280. The molecule has 2 fully saturated rings. The third-order valence-corrected chi connectivity index (χ3v) is 3.21. The summed E-state index contributed by atoms with van der Waals surface area (Å²) >= 11 is 0. The minimum atomic E-state index is -0.459. The maximum atomic E-state index is 11.8. The lowest BCUT2D eigenvalue weighted by Crippen LogP contribution is -2.35. The molecule has 1 amide bonds. The number of aliphatic hydroxyl groups excluding tert-OH is 1. The van der Waals surface area contributed by atoms with E-state index in [9.17, 15) is 9.90 Å². The quantitative estimate of drug-likeness (QED) is 0.740. The Morgan fingerprint density at radius 1 is 1.31 bits per heavy atom. The molecule has 0 bridgehead atoms. The Morgan fingerprint density at radius 2 is 1.94 bits per heavy atom. The highest BCUT2D eigenvalue weighted by Gasteiger charge is 2.43. The molecule has 4 heteroatoms. The summed E-state index contributed by atoms with van der Waals surface area (Å²) in [4.78, 5) is 13.4. The first-order valence-corrected chi connectivity index (χ1v) is 6.03. The van der Waals surface area contributed by atoms with Crippen molar-refractivity contribution in [2.45, 2.75) is 45.3 Å². The molecule has 0 aromatic heterocycles. The predicted octanol–water partition coefficient (Wildman–Crippen LogP) is 1.62. The smallest absolute Gasteiger partial charge is 0.410 e. The Balaban J connectivity index is 1.89. The number of carbonyl (C=O) groups excluding carboxylic acids is 1. The summed E-state index contributed by atoms with van der Waals surface area (Å²) in [5.41, 5.74) is -0.459. The van der Waals surface area contributed by atoms with Crippen molar-refractivity contribution in [2.24, 2.45) is 11.8 Å². The molecular weight excluding hydrogens is 206 g/mol. The molecule has 1 saturated heterocycles. The molecule has 0 aromatic rings. The van der Waals surface area contributed by atoms with Gasteiger partial charge in [-0.25, -0.2) is 4.79 Å². The highest BCUT2D eigenvalue weighted by Crippen LogP contribution is 2.41. The zero-order valence-corrected chi connectivity index (χ0v) is 10.3. The second-order valence-corrected chi connectivity index (χ2v) is 5.95. The summed E-state index contributed by atoms with van der Waals surface area (Å²) in [6, 6.07) is 0. The summed E-state index contributed by atoms with van der Waals surface area (Å²) in [6.45, 7) is 6.65. The molecule has 1 aliphatic heterocycles. The lowest BCUT2D eigenvalue weighted by Gasteiger charge is -2.24. The van der Waals surface area contributed by atoms with Gasteiger partial charge in [-0.1, -0.05) is 0 Å². The summed E-state index contributed by atoms with van der Waals surface area (Å²) < 4.78 is 5.29. The number of rotatable bonds is 1. The first kappa shape index (κ1) is 11.7. The number of likely N-dealkylation sites (tertiary alicyclic amines) is 1. The van der Waals surface area contributed by atoms with Gasteiger partial charge >= 0.3 is 6.09 Å². The topological polar surface area (TPSA) is 49.8 Å². The van der Waals surface area contributed by atoms with Crippen LogP contribution in [0, 0.1) is 11.8 Å². The monoisotopic (exact) mass is 227 g/mol. The highest BCUT2D eigenvalue weighted by atomic mass is 16.6. The largest absolute Gasteiger partial charge is 0.444 e. The Kier molecular flexibility index (Phi) is 2.86. The van der Waals surface area contributed by atoms with Crippen molar-refractivity contribution in [3.63, 3.8) is 0 Å². The molecule has 2 aliphatic rings. The van der Waals surface area contributed by atoms with Gasteiger partial charge in [0.05, 0.1) is 12.6 Å². The molecule has 0 aromatic carbocycles. The zero-order chi connectivity index (χ0) is 11.9. The molecule has 2 unspecified atom stereocenters. The number of ether oxygens (including phenoxy) is 1.